The molecule has 0 fully saturated rings. The summed E-state index contributed by atoms with van der Waals surface area (Å²) in [7, 11) is 0. The van der Waals surface area contributed by atoms with Crippen molar-refractivity contribution in [3.05, 3.63) is 38.3 Å². The molecule has 1 heterocycles. The third kappa shape index (κ3) is 18.1. The number of carboxylic acids is 2. The van der Waals surface area contributed by atoms with Crippen LogP contribution in [0, 0.1) is 38.5 Å². The summed E-state index contributed by atoms with van der Waals surface area (Å²) in [6.45, 7) is 21.0. The van der Waals surface area contributed by atoms with E-state index in [1.54, 1.807) is 0 Å². The maximum absolute atomic E-state index is 13.2. The van der Waals surface area contributed by atoms with Gasteiger partial charge in [-0.25, -0.2) is 0 Å². The minimum Gasteiger partial charge on any atom is -0.487 e. The summed E-state index contributed by atoms with van der Waals surface area (Å²) in [5.41, 5.74) is 10.2. The van der Waals surface area contributed by atoms with Gasteiger partial charge in [-0.3, -0.25) is 9.59 Å². The van der Waals surface area contributed by atoms with Gasteiger partial charge in [-0.15, -0.1) is 0 Å². The summed E-state index contributed by atoms with van der Waals surface area (Å²) >= 11 is 0. The fourth-order valence-electron chi connectivity index (χ4n) is 8.24. The SMILES string of the molecule is Cc1c(C)c(C(CCOCCOCCOCCOCCOCCN=[N+]=[N-])(CC(=O)O)C(=O)O)c(C)c2c1O[C@](C)(CCC[C@H](C)CCC[C@H](C)CCCC(C)C)CC2. The fraction of sp³-hybridized carbons (Fsp3) is 0.822. The first-order valence-electron chi connectivity index (χ1n) is 21.8. The Hall–Kier alpha value is -2.93. The number of rotatable bonds is 34. The molecule has 0 radical (unpaired) electrons. The monoisotopic (exact) mass is 820 g/mol. The predicted molar refractivity (Wildman–Crippen MR) is 227 cm³/mol. The molecule has 1 aromatic carbocycles. The van der Waals surface area contributed by atoms with Crippen LogP contribution in [0.15, 0.2) is 5.11 Å². The van der Waals surface area contributed by atoms with Crippen molar-refractivity contribution < 1.29 is 48.2 Å². The molecule has 1 aromatic rings. The maximum atomic E-state index is 13.2. The van der Waals surface area contributed by atoms with Crippen LogP contribution in [0.25, 0.3) is 10.4 Å². The van der Waals surface area contributed by atoms with Gasteiger partial charge < -0.3 is 38.6 Å². The summed E-state index contributed by atoms with van der Waals surface area (Å²) in [5, 5.41) is 24.2. The number of aliphatic carboxylic acids is 2. The third-order valence-corrected chi connectivity index (χ3v) is 11.8. The summed E-state index contributed by atoms with van der Waals surface area (Å²) in [4.78, 5) is 28.1. The van der Waals surface area contributed by atoms with Crippen LogP contribution in [-0.2, 0) is 45.1 Å². The lowest BCUT2D eigenvalue weighted by atomic mass is 9.69. The normalized spacial score (nSPS) is 17.3. The molecule has 0 saturated heterocycles. The lowest BCUT2D eigenvalue weighted by Gasteiger charge is -2.40. The van der Waals surface area contributed by atoms with E-state index in [0.29, 0.717) is 64.3 Å². The number of fused-ring (bicyclic) bond motifs is 1. The van der Waals surface area contributed by atoms with Gasteiger partial charge in [0, 0.05) is 18.1 Å². The van der Waals surface area contributed by atoms with Crippen molar-refractivity contribution in [2.45, 2.75) is 150 Å². The van der Waals surface area contributed by atoms with E-state index in [1.807, 2.05) is 20.8 Å². The summed E-state index contributed by atoms with van der Waals surface area (Å²) in [6, 6.07) is 0. The Balaban J connectivity index is 1.89. The molecule has 13 nitrogen and oxygen atoms in total. The first-order valence-corrected chi connectivity index (χ1v) is 21.8. The molecule has 1 unspecified atom stereocenters. The quantitative estimate of drug-likeness (QED) is 0.0294. The topological polar surface area (TPSA) is 179 Å². The molecular formula is C45H77N3O10. The molecule has 4 atom stereocenters. The van der Waals surface area contributed by atoms with Gasteiger partial charge in [0.05, 0.1) is 65.9 Å². The Bertz CT molecular complexity index is 1420. The lowest BCUT2D eigenvalue weighted by molar-refractivity contribution is -0.151. The van der Waals surface area contributed by atoms with E-state index >= 15 is 0 Å². The van der Waals surface area contributed by atoms with Gasteiger partial charge in [0.15, 0.2) is 0 Å². The smallest absolute Gasteiger partial charge is 0.314 e. The Morgan fingerprint density at radius 1 is 0.759 bits per heavy atom. The highest BCUT2D eigenvalue weighted by Crippen LogP contribution is 2.47. The molecule has 0 aromatic heterocycles. The Morgan fingerprint density at radius 2 is 1.26 bits per heavy atom. The van der Waals surface area contributed by atoms with Crippen molar-refractivity contribution in [2.75, 3.05) is 72.6 Å². The number of azide groups is 1. The number of benzene rings is 1. The van der Waals surface area contributed by atoms with Gasteiger partial charge in [-0.2, -0.15) is 0 Å². The average molecular weight is 820 g/mol. The largest absolute Gasteiger partial charge is 0.487 e. The van der Waals surface area contributed by atoms with Crippen LogP contribution in [0.3, 0.4) is 0 Å². The molecule has 2 N–H and O–H groups in total. The molecule has 0 bridgehead atoms. The summed E-state index contributed by atoms with van der Waals surface area (Å²) < 4.78 is 34.4. The first kappa shape index (κ1) is 51.2. The van der Waals surface area contributed by atoms with Gasteiger partial charge in [0.2, 0.25) is 0 Å². The van der Waals surface area contributed by atoms with Gasteiger partial charge in [0.25, 0.3) is 0 Å². The second-order valence-corrected chi connectivity index (χ2v) is 17.2. The Labute approximate surface area is 348 Å². The van der Waals surface area contributed by atoms with E-state index in [1.165, 1.54) is 44.9 Å². The van der Waals surface area contributed by atoms with Crippen LogP contribution in [-0.4, -0.2) is 100 Å². The number of carbonyl (C=O) groups is 2. The molecule has 0 saturated carbocycles. The van der Waals surface area contributed by atoms with Gasteiger partial charge >= 0.3 is 11.9 Å². The second-order valence-electron chi connectivity index (χ2n) is 17.2. The fourth-order valence-corrected chi connectivity index (χ4v) is 8.24. The third-order valence-electron chi connectivity index (χ3n) is 11.8. The van der Waals surface area contributed by atoms with Crippen LogP contribution >= 0.6 is 0 Å². The van der Waals surface area contributed by atoms with E-state index in [-0.39, 0.29) is 31.8 Å². The molecule has 13 heteroatoms. The molecule has 2 rings (SSSR count). The lowest BCUT2D eigenvalue weighted by Crippen LogP contribution is -2.42. The minimum atomic E-state index is -1.67. The van der Waals surface area contributed by atoms with Crippen molar-refractivity contribution in [3.8, 4) is 5.75 Å². The Kier molecular flexibility index (Phi) is 24.5. The molecule has 332 valence electrons. The number of ether oxygens (including phenoxy) is 6. The van der Waals surface area contributed by atoms with Crippen LogP contribution in [0.2, 0.25) is 0 Å². The predicted octanol–water partition coefficient (Wildman–Crippen LogP) is 9.72. The van der Waals surface area contributed by atoms with Gasteiger partial charge in [-0.05, 0) is 111 Å². The molecule has 1 aliphatic heterocycles. The Morgan fingerprint density at radius 3 is 1.76 bits per heavy atom. The van der Waals surface area contributed by atoms with Crippen LogP contribution in [0.1, 0.15) is 139 Å². The van der Waals surface area contributed by atoms with Crippen molar-refractivity contribution >= 4 is 11.9 Å². The van der Waals surface area contributed by atoms with E-state index < -0.39 is 23.8 Å². The zero-order valence-corrected chi connectivity index (χ0v) is 37.2. The van der Waals surface area contributed by atoms with E-state index in [4.69, 9.17) is 34.0 Å². The highest BCUT2D eigenvalue weighted by molar-refractivity contribution is 5.88. The van der Waals surface area contributed by atoms with Crippen molar-refractivity contribution in [2.24, 2.45) is 22.9 Å². The molecule has 58 heavy (non-hydrogen) atoms. The standard InChI is InChI=1S/C45H77N3O10/c1-33(2)12-9-13-34(3)14-10-15-35(4)16-11-18-44(8)19-17-39-38(7)41(36(5)37(6)42(39)58-44)45(43(51)52,32-40(49)50)20-22-53-24-26-55-28-30-57-31-29-56-27-25-54-23-21-47-48-46/h33-35H,9-32H2,1-8H3,(H,49,50)(H,51,52)/t34-,35-,44-,45?/m1/s1. The van der Waals surface area contributed by atoms with Crippen molar-refractivity contribution in [1.29, 1.82) is 0 Å². The zero-order chi connectivity index (χ0) is 43.0. The van der Waals surface area contributed by atoms with Crippen molar-refractivity contribution in [1.82, 2.24) is 0 Å². The van der Waals surface area contributed by atoms with Crippen LogP contribution in [0.4, 0.5) is 0 Å². The number of carboxylic acid groups (broad SMARTS) is 2. The molecule has 0 spiro atoms. The first-order chi connectivity index (χ1) is 27.7. The highest BCUT2D eigenvalue weighted by Gasteiger charge is 2.46. The second kappa shape index (κ2) is 27.8. The van der Waals surface area contributed by atoms with Gasteiger partial charge in [-0.1, -0.05) is 77.8 Å². The molecular weight excluding hydrogens is 743 g/mol. The zero-order valence-electron chi connectivity index (χ0n) is 37.2. The molecule has 0 aliphatic carbocycles. The number of nitrogens with zero attached hydrogens (tertiary/aromatic N) is 3. The summed E-state index contributed by atoms with van der Waals surface area (Å²) in [5.74, 6) is 0.766. The van der Waals surface area contributed by atoms with Crippen molar-refractivity contribution in [3.63, 3.8) is 0 Å². The molecule has 0 amide bonds. The maximum Gasteiger partial charge on any atom is 0.314 e. The van der Waals surface area contributed by atoms with E-state index in [9.17, 15) is 19.8 Å². The summed E-state index contributed by atoms with van der Waals surface area (Å²) in [6.07, 6.45) is 12.1. The van der Waals surface area contributed by atoms with Gasteiger partial charge in [0.1, 0.15) is 16.8 Å². The number of hydrogen-bond acceptors (Lipinski definition) is 9. The highest BCUT2D eigenvalue weighted by atomic mass is 16.6. The van der Waals surface area contributed by atoms with E-state index in [0.717, 1.165) is 65.5 Å². The minimum absolute atomic E-state index is 0.00427. The average Bonchev–Trinajstić information content (AvgIpc) is 3.16. The molecule has 1 aliphatic rings. The van der Waals surface area contributed by atoms with Crippen LogP contribution in [0.5, 0.6) is 5.75 Å². The number of hydrogen-bond donors (Lipinski definition) is 2. The van der Waals surface area contributed by atoms with Crippen LogP contribution < -0.4 is 4.74 Å². The van der Waals surface area contributed by atoms with E-state index in [2.05, 4.69) is 44.6 Å².